The number of thiazole rings is 1. The first kappa shape index (κ1) is 25.7. The molecule has 0 bridgehead atoms. The number of amides is 1. The van der Waals surface area contributed by atoms with E-state index in [0.29, 0.717) is 13.0 Å². The van der Waals surface area contributed by atoms with Gasteiger partial charge in [0, 0.05) is 17.9 Å². The van der Waals surface area contributed by atoms with Crippen LogP contribution in [0.1, 0.15) is 30.4 Å². The second-order valence-electron chi connectivity index (χ2n) is 7.89. The molecule has 4 nitrogen and oxygen atoms in total. The third-order valence-electron chi connectivity index (χ3n) is 4.87. The number of anilines is 1. The highest BCUT2D eigenvalue weighted by Crippen LogP contribution is 2.32. The Hall–Kier alpha value is -1.60. The summed E-state index contributed by atoms with van der Waals surface area (Å²) in [6, 6.07) is 14.7. The smallest absolute Gasteiger partial charge is 0.228 e. The van der Waals surface area contributed by atoms with Gasteiger partial charge in [-0.25, -0.2) is 4.98 Å². The maximum atomic E-state index is 13.1. The summed E-state index contributed by atoms with van der Waals surface area (Å²) in [7, 11) is 4.13. The molecule has 0 unspecified atom stereocenters. The van der Waals surface area contributed by atoms with Gasteiger partial charge in [0.1, 0.15) is 0 Å². The molecule has 0 spiro atoms. The molecule has 0 saturated heterocycles. The quantitative estimate of drug-likeness (QED) is 0.257. The van der Waals surface area contributed by atoms with Crippen LogP contribution < -0.4 is 4.90 Å². The minimum atomic E-state index is 0. The molecular weight excluding hydrogens is 446 g/mol. The number of rotatable bonds is 10. The number of fused-ring (bicyclic) bond motifs is 1. The summed E-state index contributed by atoms with van der Waals surface area (Å²) in [4.78, 5) is 23.3. The molecule has 0 aliphatic heterocycles. The first-order valence-electron chi connectivity index (χ1n) is 10.4. The lowest BCUT2D eigenvalue weighted by molar-refractivity contribution is -0.118. The first-order chi connectivity index (χ1) is 14.4. The number of aryl methyl sites for hydroxylation is 2. The van der Waals surface area contributed by atoms with E-state index < -0.39 is 0 Å². The fourth-order valence-electron chi connectivity index (χ4n) is 3.42. The van der Waals surface area contributed by atoms with Crippen molar-refractivity contribution in [2.45, 2.75) is 38.0 Å². The highest BCUT2D eigenvalue weighted by molar-refractivity contribution is 7.99. The summed E-state index contributed by atoms with van der Waals surface area (Å²) in [6.07, 6.45) is 2.35. The normalized spacial score (nSPS) is 11.0. The molecule has 3 aromatic rings. The molecule has 1 aromatic heterocycles. The van der Waals surface area contributed by atoms with Crippen LogP contribution in [0.2, 0.25) is 0 Å². The van der Waals surface area contributed by atoms with Gasteiger partial charge in [0.25, 0.3) is 0 Å². The number of benzene rings is 2. The van der Waals surface area contributed by atoms with E-state index >= 15 is 0 Å². The van der Waals surface area contributed by atoms with E-state index in [-0.39, 0.29) is 18.3 Å². The van der Waals surface area contributed by atoms with Crippen LogP contribution in [0.3, 0.4) is 0 Å². The Bertz CT molecular complexity index is 976. The van der Waals surface area contributed by atoms with Gasteiger partial charge in [-0.05, 0) is 82.4 Å². The molecule has 2 aromatic carbocycles. The van der Waals surface area contributed by atoms with E-state index in [1.807, 2.05) is 22.7 Å². The number of hydrogen-bond donors (Lipinski definition) is 0. The SMILES string of the molecule is Cc1cc(C)c2sc(N(CCCN(C)C)C(=O)CCCSc3ccccc3)nc2c1.Cl. The number of aromatic nitrogens is 1. The van der Waals surface area contributed by atoms with Gasteiger partial charge in [-0.2, -0.15) is 0 Å². The second-order valence-corrected chi connectivity index (χ2v) is 10.0. The van der Waals surface area contributed by atoms with Crippen LogP contribution in [0.15, 0.2) is 47.4 Å². The Morgan fingerprint density at radius 2 is 1.81 bits per heavy atom. The lowest BCUT2D eigenvalue weighted by Gasteiger charge is -2.21. The highest BCUT2D eigenvalue weighted by Gasteiger charge is 2.20. The second kappa shape index (κ2) is 12.4. The van der Waals surface area contributed by atoms with Gasteiger partial charge in [0.2, 0.25) is 5.91 Å². The van der Waals surface area contributed by atoms with Crippen LogP contribution in [0.4, 0.5) is 5.13 Å². The summed E-state index contributed by atoms with van der Waals surface area (Å²) in [5, 5.41) is 0.832. The van der Waals surface area contributed by atoms with Crippen molar-refractivity contribution in [3.8, 4) is 0 Å². The Balaban J connectivity index is 0.00000341. The van der Waals surface area contributed by atoms with Gasteiger partial charge < -0.3 is 4.90 Å². The number of thioether (sulfide) groups is 1. The van der Waals surface area contributed by atoms with Gasteiger partial charge in [-0.15, -0.1) is 24.2 Å². The molecule has 0 atom stereocenters. The molecule has 168 valence electrons. The van der Waals surface area contributed by atoms with E-state index in [9.17, 15) is 4.79 Å². The lowest BCUT2D eigenvalue weighted by Crippen LogP contribution is -2.33. The third-order valence-corrected chi connectivity index (χ3v) is 7.20. The molecule has 0 fully saturated rings. The summed E-state index contributed by atoms with van der Waals surface area (Å²) >= 11 is 3.45. The summed E-state index contributed by atoms with van der Waals surface area (Å²) in [5.74, 6) is 1.12. The van der Waals surface area contributed by atoms with Crippen molar-refractivity contribution in [1.29, 1.82) is 0 Å². The fraction of sp³-hybridized carbons (Fsp3) is 0.417. The maximum Gasteiger partial charge on any atom is 0.228 e. The number of carbonyl (C=O) groups is 1. The van der Waals surface area contributed by atoms with Crippen LogP contribution in [-0.4, -0.2) is 48.7 Å². The standard InChI is InChI=1S/C24H31N3OS2.ClH/c1-18-16-19(2)23-21(17-18)25-24(30-23)27(14-9-13-26(3)4)22(28)12-8-15-29-20-10-6-5-7-11-20;/h5-7,10-11,16-17H,8-9,12-15H2,1-4H3;1H. The van der Waals surface area contributed by atoms with E-state index in [2.05, 4.69) is 69.2 Å². The van der Waals surface area contributed by atoms with Crippen molar-refractivity contribution < 1.29 is 4.79 Å². The van der Waals surface area contributed by atoms with E-state index in [1.54, 1.807) is 11.3 Å². The Morgan fingerprint density at radius 1 is 1.06 bits per heavy atom. The number of halogens is 1. The predicted octanol–water partition coefficient (Wildman–Crippen LogP) is 6.19. The number of carbonyl (C=O) groups excluding carboxylic acids is 1. The summed E-state index contributed by atoms with van der Waals surface area (Å²) in [5.41, 5.74) is 3.44. The van der Waals surface area contributed by atoms with Crippen LogP contribution in [0.25, 0.3) is 10.2 Å². The van der Waals surface area contributed by atoms with Gasteiger partial charge in [-0.1, -0.05) is 35.6 Å². The molecule has 0 radical (unpaired) electrons. The van der Waals surface area contributed by atoms with Gasteiger partial charge in [0.15, 0.2) is 5.13 Å². The molecule has 0 N–H and O–H groups in total. The van der Waals surface area contributed by atoms with Gasteiger partial charge >= 0.3 is 0 Å². The molecule has 1 amide bonds. The number of nitrogens with zero attached hydrogens (tertiary/aromatic N) is 3. The molecule has 1 heterocycles. The molecule has 0 aliphatic carbocycles. The zero-order chi connectivity index (χ0) is 21.5. The molecule has 7 heteroatoms. The maximum absolute atomic E-state index is 13.1. The molecule has 0 saturated carbocycles. The molecule has 0 aliphatic rings. The molecule has 31 heavy (non-hydrogen) atoms. The van der Waals surface area contributed by atoms with Crippen molar-refractivity contribution in [2.24, 2.45) is 0 Å². The van der Waals surface area contributed by atoms with Crippen molar-refractivity contribution >= 4 is 56.8 Å². The van der Waals surface area contributed by atoms with Crippen molar-refractivity contribution in [3.63, 3.8) is 0 Å². The average molecular weight is 478 g/mol. The predicted molar refractivity (Wildman–Crippen MR) is 138 cm³/mol. The zero-order valence-corrected chi connectivity index (χ0v) is 21.2. The van der Waals surface area contributed by atoms with Crippen LogP contribution in [-0.2, 0) is 4.79 Å². The van der Waals surface area contributed by atoms with Crippen molar-refractivity contribution in [1.82, 2.24) is 9.88 Å². The lowest BCUT2D eigenvalue weighted by atomic mass is 10.1. The van der Waals surface area contributed by atoms with Crippen LogP contribution in [0.5, 0.6) is 0 Å². The van der Waals surface area contributed by atoms with Crippen molar-refractivity contribution in [3.05, 3.63) is 53.6 Å². The summed E-state index contributed by atoms with van der Waals surface area (Å²) in [6.45, 7) is 5.88. The van der Waals surface area contributed by atoms with E-state index in [1.165, 1.54) is 20.7 Å². The first-order valence-corrected chi connectivity index (χ1v) is 12.2. The topological polar surface area (TPSA) is 36.4 Å². The third kappa shape index (κ3) is 7.49. The largest absolute Gasteiger partial charge is 0.309 e. The monoisotopic (exact) mass is 477 g/mol. The Kier molecular flexibility index (Phi) is 10.3. The average Bonchev–Trinajstić information content (AvgIpc) is 3.13. The fourth-order valence-corrected chi connectivity index (χ4v) is 5.35. The molecular formula is C24H32ClN3OS2. The van der Waals surface area contributed by atoms with E-state index in [0.717, 1.165) is 35.8 Å². The minimum Gasteiger partial charge on any atom is -0.309 e. The minimum absolute atomic E-state index is 0. The van der Waals surface area contributed by atoms with Crippen LogP contribution in [0, 0.1) is 13.8 Å². The van der Waals surface area contributed by atoms with Gasteiger partial charge in [-0.3, -0.25) is 9.69 Å². The van der Waals surface area contributed by atoms with E-state index in [4.69, 9.17) is 4.98 Å². The van der Waals surface area contributed by atoms with Crippen LogP contribution >= 0.6 is 35.5 Å². The Labute approximate surface area is 200 Å². The van der Waals surface area contributed by atoms with Gasteiger partial charge in [0.05, 0.1) is 10.2 Å². The summed E-state index contributed by atoms with van der Waals surface area (Å²) < 4.78 is 1.18. The Morgan fingerprint density at radius 3 is 2.52 bits per heavy atom. The molecule has 3 rings (SSSR count). The van der Waals surface area contributed by atoms with Crippen molar-refractivity contribution in [2.75, 3.05) is 37.8 Å². The zero-order valence-electron chi connectivity index (χ0n) is 18.8. The number of hydrogen-bond acceptors (Lipinski definition) is 5. The highest BCUT2D eigenvalue weighted by atomic mass is 35.5.